The van der Waals surface area contributed by atoms with Crippen molar-refractivity contribution in [2.75, 3.05) is 6.61 Å². The summed E-state index contributed by atoms with van der Waals surface area (Å²) in [7, 11) is 0. The molecule has 1 nitrogen and oxygen atoms in total. The second-order valence-electron chi connectivity index (χ2n) is 5.16. The van der Waals surface area contributed by atoms with Gasteiger partial charge in [0.1, 0.15) is 0 Å². The van der Waals surface area contributed by atoms with E-state index in [4.69, 9.17) is 4.74 Å². The summed E-state index contributed by atoms with van der Waals surface area (Å²) in [6, 6.07) is 10.8. The maximum Gasteiger partial charge on any atom is 0.0685 e. The molecular formula is C16H24O. The Labute approximate surface area is 105 Å². The van der Waals surface area contributed by atoms with E-state index >= 15 is 0 Å². The number of benzene rings is 1. The van der Waals surface area contributed by atoms with Crippen molar-refractivity contribution in [1.29, 1.82) is 0 Å². The molecule has 0 heterocycles. The molecule has 0 aromatic heterocycles. The van der Waals surface area contributed by atoms with Crippen LogP contribution in [0.3, 0.4) is 0 Å². The monoisotopic (exact) mass is 232 g/mol. The molecule has 0 N–H and O–H groups in total. The van der Waals surface area contributed by atoms with Crippen LogP contribution in [0, 0.1) is 0 Å². The Kier molecular flexibility index (Phi) is 4.61. The Hall–Kier alpha value is -0.820. The van der Waals surface area contributed by atoms with Crippen LogP contribution < -0.4 is 0 Å². The van der Waals surface area contributed by atoms with Crippen LogP contribution >= 0.6 is 0 Å². The van der Waals surface area contributed by atoms with Gasteiger partial charge < -0.3 is 4.74 Å². The zero-order valence-corrected chi connectivity index (χ0v) is 11.0. The van der Waals surface area contributed by atoms with Crippen molar-refractivity contribution in [2.45, 2.75) is 57.5 Å². The van der Waals surface area contributed by atoms with Gasteiger partial charge in [0.05, 0.1) is 5.60 Å². The van der Waals surface area contributed by atoms with Gasteiger partial charge in [0.15, 0.2) is 0 Å². The van der Waals surface area contributed by atoms with Gasteiger partial charge in [-0.05, 0) is 38.2 Å². The molecule has 1 aliphatic carbocycles. The van der Waals surface area contributed by atoms with Crippen molar-refractivity contribution in [3.05, 3.63) is 35.9 Å². The normalized spacial score (nSPS) is 19.1. The number of aryl methyl sites for hydroxylation is 1. The van der Waals surface area contributed by atoms with Gasteiger partial charge in [0, 0.05) is 6.61 Å². The van der Waals surface area contributed by atoms with Crippen molar-refractivity contribution in [1.82, 2.24) is 0 Å². The van der Waals surface area contributed by atoms with Gasteiger partial charge in [-0.3, -0.25) is 0 Å². The second-order valence-corrected chi connectivity index (χ2v) is 5.16. The average molecular weight is 232 g/mol. The van der Waals surface area contributed by atoms with E-state index in [-0.39, 0.29) is 5.60 Å². The molecule has 94 valence electrons. The molecule has 0 saturated heterocycles. The molecule has 1 aliphatic rings. The highest BCUT2D eigenvalue weighted by Gasteiger charge is 2.31. The first-order valence-corrected chi connectivity index (χ1v) is 7.02. The third kappa shape index (κ3) is 3.57. The SMILES string of the molecule is CCOC1(CCc2ccccc2)CCCCC1. The van der Waals surface area contributed by atoms with E-state index in [1.807, 2.05) is 0 Å². The maximum absolute atomic E-state index is 6.09. The standard InChI is InChI=1S/C16H24O/c1-2-17-16(12-7-4-8-13-16)14-11-15-9-5-3-6-10-15/h3,5-6,9-10H,2,4,7-8,11-14H2,1H3. The predicted molar refractivity (Wildman–Crippen MR) is 72.2 cm³/mol. The summed E-state index contributed by atoms with van der Waals surface area (Å²) in [4.78, 5) is 0. The lowest BCUT2D eigenvalue weighted by atomic mass is 9.80. The minimum Gasteiger partial charge on any atom is -0.375 e. The summed E-state index contributed by atoms with van der Waals surface area (Å²) in [6.45, 7) is 2.98. The Morgan fingerprint density at radius 2 is 1.76 bits per heavy atom. The van der Waals surface area contributed by atoms with Gasteiger partial charge in [0.25, 0.3) is 0 Å². The van der Waals surface area contributed by atoms with Crippen LogP contribution in [0.25, 0.3) is 0 Å². The molecule has 1 aromatic rings. The van der Waals surface area contributed by atoms with Gasteiger partial charge in [-0.25, -0.2) is 0 Å². The van der Waals surface area contributed by atoms with Crippen LogP contribution in [0.1, 0.15) is 51.0 Å². The molecule has 17 heavy (non-hydrogen) atoms. The number of ether oxygens (including phenoxy) is 1. The fourth-order valence-electron chi connectivity index (χ4n) is 2.99. The fraction of sp³-hybridized carbons (Fsp3) is 0.625. The third-order valence-corrected chi connectivity index (χ3v) is 3.93. The molecule has 1 aromatic carbocycles. The quantitative estimate of drug-likeness (QED) is 0.733. The summed E-state index contributed by atoms with van der Waals surface area (Å²) in [6.07, 6.45) is 8.93. The van der Waals surface area contributed by atoms with Crippen molar-refractivity contribution < 1.29 is 4.74 Å². The number of hydrogen-bond donors (Lipinski definition) is 0. The lowest BCUT2D eigenvalue weighted by Gasteiger charge is -2.37. The van der Waals surface area contributed by atoms with Gasteiger partial charge in [-0.2, -0.15) is 0 Å². The van der Waals surface area contributed by atoms with Crippen LogP contribution in [0.15, 0.2) is 30.3 Å². The molecule has 2 rings (SSSR count). The fourth-order valence-corrected chi connectivity index (χ4v) is 2.99. The smallest absolute Gasteiger partial charge is 0.0685 e. The number of rotatable bonds is 5. The van der Waals surface area contributed by atoms with Crippen LogP contribution in [-0.2, 0) is 11.2 Å². The number of hydrogen-bond acceptors (Lipinski definition) is 1. The van der Waals surface area contributed by atoms with E-state index in [2.05, 4.69) is 37.3 Å². The van der Waals surface area contributed by atoms with Crippen molar-refractivity contribution in [3.8, 4) is 0 Å². The molecule has 0 bridgehead atoms. The van der Waals surface area contributed by atoms with Gasteiger partial charge in [-0.1, -0.05) is 49.6 Å². The predicted octanol–water partition coefficient (Wildman–Crippen LogP) is 4.36. The van der Waals surface area contributed by atoms with Gasteiger partial charge in [0.2, 0.25) is 0 Å². The summed E-state index contributed by atoms with van der Waals surface area (Å²) in [5.74, 6) is 0. The summed E-state index contributed by atoms with van der Waals surface area (Å²) in [5, 5.41) is 0. The molecule has 0 radical (unpaired) electrons. The van der Waals surface area contributed by atoms with Crippen LogP contribution in [-0.4, -0.2) is 12.2 Å². The van der Waals surface area contributed by atoms with E-state index < -0.39 is 0 Å². The largest absolute Gasteiger partial charge is 0.375 e. The average Bonchev–Trinajstić information content (AvgIpc) is 2.39. The van der Waals surface area contributed by atoms with E-state index in [0.717, 1.165) is 13.0 Å². The van der Waals surface area contributed by atoms with Crippen LogP contribution in [0.4, 0.5) is 0 Å². The highest BCUT2D eigenvalue weighted by Crippen LogP contribution is 2.35. The van der Waals surface area contributed by atoms with Gasteiger partial charge >= 0.3 is 0 Å². The summed E-state index contributed by atoms with van der Waals surface area (Å²) < 4.78 is 6.09. The minimum absolute atomic E-state index is 0.183. The Morgan fingerprint density at radius 3 is 2.41 bits per heavy atom. The summed E-state index contributed by atoms with van der Waals surface area (Å²) in [5.41, 5.74) is 1.63. The Morgan fingerprint density at radius 1 is 1.06 bits per heavy atom. The van der Waals surface area contributed by atoms with E-state index in [1.54, 1.807) is 0 Å². The molecule has 0 unspecified atom stereocenters. The van der Waals surface area contributed by atoms with E-state index in [0.29, 0.717) is 0 Å². The zero-order valence-electron chi connectivity index (χ0n) is 11.0. The van der Waals surface area contributed by atoms with E-state index in [1.165, 1.54) is 44.1 Å². The third-order valence-electron chi connectivity index (χ3n) is 3.93. The minimum atomic E-state index is 0.183. The molecule has 0 amide bonds. The first kappa shape index (κ1) is 12.6. The molecule has 1 saturated carbocycles. The topological polar surface area (TPSA) is 9.23 Å². The first-order chi connectivity index (χ1) is 8.35. The highest BCUT2D eigenvalue weighted by atomic mass is 16.5. The zero-order chi connectivity index (χ0) is 12.0. The lowest BCUT2D eigenvalue weighted by molar-refractivity contribution is -0.0699. The highest BCUT2D eigenvalue weighted by molar-refractivity contribution is 5.15. The molecule has 0 atom stereocenters. The van der Waals surface area contributed by atoms with Gasteiger partial charge in [-0.15, -0.1) is 0 Å². The molecule has 1 fully saturated rings. The Bertz CT molecular complexity index is 306. The lowest BCUT2D eigenvalue weighted by Crippen LogP contribution is -2.35. The molecule has 0 aliphatic heterocycles. The van der Waals surface area contributed by atoms with E-state index in [9.17, 15) is 0 Å². The molecular weight excluding hydrogens is 208 g/mol. The van der Waals surface area contributed by atoms with Crippen molar-refractivity contribution in [2.24, 2.45) is 0 Å². The second kappa shape index (κ2) is 6.20. The summed E-state index contributed by atoms with van der Waals surface area (Å²) >= 11 is 0. The van der Waals surface area contributed by atoms with Crippen molar-refractivity contribution in [3.63, 3.8) is 0 Å². The Balaban J connectivity index is 1.93. The maximum atomic E-state index is 6.09. The van der Waals surface area contributed by atoms with Crippen LogP contribution in [0.5, 0.6) is 0 Å². The van der Waals surface area contributed by atoms with Crippen LogP contribution in [0.2, 0.25) is 0 Å². The molecule has 0 spiro atoms. The van der Waals surface area contributed by atoms with Crippen molar-refractivity contribution >= 4 is 0 Å². The molecule has 1 heteroatoms. The first-order valence-electron chi connectivity index (χ1n) is 7.02.